The largest absolute Gasteiger partial charge is 0.494 e. The van der Waals surface area contributed by atoms with Crippen LogP contribution in [0.1, 0.15) is 34.1 Å². The van der Waals surface area contributed by atoms with Crippen LogP contribution in [0.5, 0.6) is 0 Å². The van der Waals surface area contributed by atoms with Crippen molar-refractivity contribution in [3.8, 4) is 0 Å². The zero-order valence-corrected chi connectivity index (χ0v) is 23.6. The first kappa shape index (κ1) is 32.4. The molecule has 2 heterocycles. The van der Waals surface area contributed by atoms with Crippen LogP contribution in [0.25, 0.3) is 0 Å². The Hall–Kier alpha value is -1.66. The number of ether oxygens (including phenoxy) is 1. The van der Waals surface area contributed by atoms with Gasteiger partial charge in [-0.2, -0.15) is 13.2 Å². The summed E-state index contributed by atoms with van der Waals surface area (Å²) >= 11 is 3.02. The molecule has 11 heteroatoms. The molecule has 1 unspecified atom stereocenters. The highest BCUT2D eigenvalue weighted by molar-refractivity contribution is 8.01. The van der Waals surface area contributed by atoms with Gasteiger partial charge >= 0.3 is 6.18 Å². The van der Waals surface area contributed by atoms with E-state index in [1.165, 1.54) is 42.2 Å². The van der Waals surface area contributed by atoms with Crippen LogP contribution < -0.4 is 4.72 Å². The zero-order valence-electron chi connectivity index (χ0n) is 21.1. The minimum Gasteiger partial charge on any atom is -0.494 e. The minimum atomic E-state index is -4.28. The van der Waals surface area contributed by atoms with Gasteiger partial charge in [0.15, 0.2) is 0 Å². The van der Waals surface area contributed by atoms with Crippen molar-refractivity contribution in [3.05, 3.63) is 66.2 Å². The predicted octanol–water partition coefficient (Wildman–Crippen LogP) is 7.43. The molecule has 0 aliphatic carbocycles. The molecule has 0 bridgehead atoms. The van der Waals surface area contributed by atoms with Gasteiger partial charge in [0.2, 0.25) is 0 Å². The van der Waals surface area contributed by atoms with Crippen molar-refractivity contribution in [3.63, 3.8) is 0 Å². The van der Waals surface area contributed by atoms with E-state index in [-0.39, 0.29) is 23.8 Å². The number of likely N-dealkylation sites (N-methyl/N-ethyl adjacent to an activating group) is 1. The Balaban J connectivity index is 0.000000356. The average molecular weight is 567 g/mol. The standard InChI is InChI=1S/C14H14FNOS3.C9H14F3NO.C2H6/c1-2-3-10-16-20(17)14-9-8-13(19-14)18-12-6-4-11(15)5-7-12;1-7(5-9(10,11)12)14-8-3-4-13(2)6-8;1-2/h2-9,16H,10H2,1H3;5,8H,3-4,6H2,1-2H3;1-2H3/b3-2-;7-5-;/t;8-;/m.1./s1. The fourth-order valence-electron chi connectivity index (χ4n) is 2.91. The number of halogens is 4. The van der Waals surface area contributed by atoms with Crippen molar-refractivity contribution < 1.29 is 26.5 Å². The summed E-state index contributed by atoms with van der Waals surface area (Å²) in [6.07, 6.45) is 0.437. The molecule has 1 aromatic heterocycles. The molecule has 1 fully saturated rings. The van der Waals surface area contributed by atoms with Crippen LogP contribution in [0.2, 0.25) is 0 Å². The van der Waals surface area contributed by atoms with Crippen molar-refractivity contribution in [1.82, 2.24) is 9.62 Å². The second-order valence-electron chi connectivity index (χ2n) is 7.40. The van der Waals surface area contributed by atoms with Crippen LogP contribution in [-0.2, 0) is 15.7 Å². The summed E-state index contributed by atoms with van der Waals surface area (Å²) in [4.78, 5) is 3.00. The summed E-state index contributed by atoms with van der Waals surface area (Å²) < 4.78 is 70.3. The van der Waals surface area contributed by atoms with E-state index in [0.29, 0.717) is 13.1 Å². The van der Waals surface area contributed by atoms with E-state index in [9.17, 15) is 21.8 Å². The zero-order chi connectivity index (χ0) is 27.1. The monoisotopic (exact) mass is 566 g/mol. The maximum absolute atomic E-state index is 12.8. The third-order valence-electron chi connectivity index (χ3n) is 4.41. The summed E-state index contributed by atoms with van der Waals surface area (Å²) in [7, 11) is 0.741. The number of hydrogen-bond acceptors (Lipinski definition) is 5. The number of allylic oxidation sites excluding steroid dienone is 3. The van der Waals surface area contributed by atoms with Crippen molar-refractivity contribution in [1.29, 1.82) is 0 Å². The van der Waals surface area contributed by atoms with E-state index in [1.54, 1.807) is 12.1 Å². The van der Waals surface area contributed by atoms with E-state index in [4.69, 9.17) is 4.74 Å². The lowest BCUT2D eigenvalue weighted by Gasteiger charge is -2.14. The minimum absolute atomic E-state index is 0.0576. The van der Waals surface area contributed by atoms with Gasteiger partial charge in [0.1, 0.15) is 27.1 Å². The molecule has 1 aliphatic heterocycles. The van der Waals surface area contributed by atoms with Gasteiger partial charge in [-0.3, -0.25) is 0 Å². The molecule has 2 atom stereocenters. The molecular formula is C25H34F4N2O2S3. The quantitative estimate of drug-likeness (QED) is 0.205. The molecule has 1 saturated heterocycles. The highest BCUT2D eigenvalue weighted by Crippen LogP contribution is 2.34. The molecule has 1 N–H and O–H groups in total. The second kappa shape index (κ2) is 17.0. The highest BCUT2D eigenvalue weighted by atomic mass is 32.2. The number of likely N-dealkylation sites (tertiary alicyclic amines) is 1. The van der Waals surface area contributed by atoms with E-state index >= 15 is 0 Å². The van der Waals surface area contributed by atoms with Crippen molar-refractivity contribution in [2.45, 2.75) is 59.7 Å². The van der Waals surface area contributed by atoms with Crippen molar-refractivity contribution in [2.75, 3.05) is 26.7 Å². The molecular weight excluding hydrogens is 532 g/mol. The Labute approximate surface area is 222 Å². The van der Waals surface area contributed by atoms with Gasteiger partial charge in [-0.15, -0.1) is 11.3 Å². The van der Waals surface area contributed by atoms with Crippen LogP contribution >= 0.6 is 23.1 Å². The van der Waals surface area contributed by atoms with Gasteiger partial charge in [0.05, 0.1) is 16.0 Å². The van der Waals surface area contributed by atoms with Gasteiger partial charge in [0.25, 0.3) is 0 Å². The Morgan fingerprint density at radius 1 is 1.25 bits per heavy atom. The van der Waals surface area contributed by atoms with E-state index in [0.717, 1.165) is 26.3 Å². The predicted molar refractivity (Wildman–Crippen MR) is 142 cm³/mol. The highest BCUT2D eigenvalue weighted by Gasteiger charge is 2.26. The summed E-state index contributed by atoms with van der Waals surface area (Å²) in [5.74, 6) is -0.298. The van der Waals surface area contributed by atoms with Crippen LogP contribution in [0.15, 0.2) is 73.7 Å². The molecule has 0 amide bonds. The fraction of sp³-hybridized carbons (Fsp3) is 0.440. The molecule has 202 valence electrons. The topological polar surface area (TPSA) is 41.6 Å². The van der Waals surface area contributed by atoms with Gasteiger partial charge in [0, 0.05) is 24.5 Å². The van der Waals surface area contributed by atoms with Gasteiger partial charge in [-0.05, 0) is 63.7 Å². The molecule has 0 radical (unpaired) electrons. The number of nitrogens with zero attached hydrogens (tertiary/aromatic N) is 1. The third-order valence-corrected chi connectivity index (χ3v) is 8.06. The number of alkyl halides is 3. The van der Waals surface area contributed by atoms with Crippen molar-refractivity contribution in [2.24, 2.45) is 0 Å². The SMILES string of the molecule is C/C(=C/C(F)(F)F)O[C@@H]1CCN(C)C1.C/C=C\CNS(=O)c1ccc(Sc2ccc(F)cc2)s1.CC. The van der Waals surface area contributed by atoms with Gasteiger partial charge in [-0.25, -0.2) is 13.3 Å². The first-order valence-electron chi connectivity index (χ1n) is 11.5. The van der Waals surface area contributed by atoms with Crippen LogP contribution in [0.4, 0.5) is 17.6 Å². The third kappa shape index (κ3) is 13.6. The summed E-state index contributed by atoms with van der Waals surface area (Å²) in [5.41, 5.74) is 0. The number of benzene rings is 1. The lowest BCUT2D eigenvalue weighted by molar-refractivity contribution is -0.0835. The molecule has 4 nitrogen and oxygen atoms in total. The molecule has 1 aliphatic rings. The summed E-state index contributed by atoms with van der Waals surface area (Å²) in [5, 5.41) is 0. The first-order valence-corrected chi connectivity index (χ1v) is 14.2. The second-order valence-corrected chi connectivity index (χ2v) is 11.4. The van der Waals surface area contributed by atoms with Crippen molar-refractivity contribution >= 4 is 34.1 Å². The number of thiophene rings is 1. The molecule has 0 saturated carbocycles. The summed E-state index contributed by atoms with van der Waals surface area (Å²) in [6, 6.07) is 10.1. The Kier molecular flexibility index (Phi) is 15.3. The Morgan fingerprint density at radius 3 is 2.47 bits per heavy atom. The molecule has 36 heavy (non-hydrogen) atoms. The lowest BCUT2D eigenvalue weighted by Crippen LogP contribution is -2.19. The Bertz CT molecular complexity index is 976. The van der Waals surface area contributed by atoms with E-state index < -0.39 is 17.2 Å². The summed E-state index contributed by atoms with van der Waals surface area (Å²) in [6.45, 7) is 9.42. The Morgan fingerprint density at radius 2 is 1.92 bits per heavy atom. The van der Waals surface area contributed by atoms with E-state index in [2.05, 4.69) is 4.72 Å². The normalized spacial score (nSPS) is 17.2. The van der Waals surface area contributed by atoms with E-state index in [1.807, 2.05) is 57.0 Å². The average Bonchev–Trinajstić information content (AvgIpc) is 3.45. The van der Waals surface area contributed by atoms with Crippen LogP contribution in [0, 0.1) is 5.82 Å². The number of rotatable bonds is 8. The van der Waals surface area contributed by atoms with Gasteiger partial charge in [-0.1, -0.05) is 37.8 Å². The maximum atomic E-state index is 12.8. The number of nitrogens with one attached hydrogen (secondary N) is 1. The van der Waals surface area contributed by atoms with Crippen LogP contribution in [-0.4, -0.2) is 48.1 Å². The van der Waals surface area contributed by atoms with Gasteiger partial charge < -0.3 is 9.64 Å². The first-order chi connectivity index (χ1) is 17.1. The van der Waals surface area contributed by atoms with Crippen LogP contribution in [0.3, 0.4) is 0 Å². The smallest absolute Gasteiger partial charge is 0.412 e. The maximum Gasteiger partial charge on any atom is 0.412 e. The molecule has 2 aromatic rings. The molecule has 1 aromatic carbocycles. The number of hydrogen-bond donors (Lipinski definition) is 1. The molecule has 0 spiro atoms. The molecule has 3 rings (SSSR count). The fourth-order valence-corrected chi connectivity index (χ4v) is 6.23. The lowest BCUT2D eigenvalue weighted by atomic mass is 10.3.